The Morgan fingerprint density at radius 2 is 2.50 bits per heavy atom. The van der Waals surface area contributed by atoms with E-state index in [9.17, 15) is 9.59 Å². The zero-order valence-electron chi connectivity index (χ0n) is 9.06. The number of amides is 2. The molecule has 1 aromatic heterocycles. The van der Waals surface area contributed by atoms with Gasteiger partial charge in [0, 0.05) is 32.3 Å². The Bertz CT molecular complexity index is 403. The highest BCUT2D eigenvalue weighted by Gasteiger charge is 2.24. The van der Waals surface area contributed by atoms with Crippen molar-refractivity contribution in [1.82, 2.24) is 15.1 Å². The quantitative estimate of drug-likeness (QED) is 0.732. The standard InChI is InChI=1S/C10H14N4O2/c1-14-5-4-8(13-14)12-10(16)7-2-3-9(15)11-6-7/h4-5,7H,2-3,6H2,1H3,(H,11,15)(H,12,13,16). The van der Waals surface area contributed by atoms with Crippen LogP contribution in [-0.4, -0.2) is 28.1 Å². The van der Waals surface area contributed by atoms with Gasteiger partial charge in [0.25, 0.3) is 0 Å². The first-order valence-electron chi connectivity index (χ1n) is 5.22. The van der Waals surface area contributed by atoms with Gasteiger partial charge in [-0.2, -0.15) is 5.10 Å². The molecular weight excluding hydrogens is 208 g/mol. The maximum Gasteiger partial charge on any atom is 0.230 e. The molecule has 1 fully saturated rings. The molecular formula is C10H14N4O2. The third-order valence-electron chi connectivity index (χ3n) is 2.60. The lowest BCUT2D eigenvalue weighted by molar-refractivity contribution is -0.126. The fourth-order valence-electron chi connectivity index (χ4n) is 1.67. The molecule has 1 aliphatic heterocycles. The van der Waals surface area contributed by atoms with Crippen LogP contribution in [0, 0.1) is 5.92 Å². The zero-order chi connectivity index (χ0) is 11.5. The molecule has 6 heteroatoms. The Labute approximate surface area is 93.0 Å². The number of hydrogen-bond acceptors (Lipinski definition) is 3. The number of rotatable bonds is 2. The predicted molar refractivity (Wildman–Crippen MR) is 57.6 cm³/mol. The molecule has 0 aromatic carbocycles. The number of nitrogens with zero attached hydrogens (tertiary/aromatic N) is 2. The molecule has 86 valence electrons. The summed E-state index contributed by atoms with van der Waals surface area (Å²) in [6.07, 6.45) is 2.78. The summed E-state index contributed by atoms with van der Waals surface area (Å²) < 4.78 is 1.62. The maximum absolute atomic E-state index is 11.8. The van der Waals surface area contributed by atoms with Crippen LogP contribution < -0.4 is 10.6 Å². The summed E-state index contributed by atoms with van der Waals surface area (Å²) >= 11 is 0. The summed E-state index contributed by atoms with van der Waals surface area (Å²) in [6.45, 7) is 0.414. The smallest absolute Gasteiger partial charge is 0.230 e. The molecule has 1 saturated heterocycles. The average molecular weight is 222 g/mol. The molecule has 2 heterocycles. The van der Waals surface area contributed by atoms with E-state index in [2.05, 4.69) is 15.7 Å². The molecule has 0 saturated carbocycles. The Balaban J connectivity index is 1.91. The van der Waals surface area contributed by atoms with E-state index in [0.717, 1.165) is 0 Å². The van der Waals surface area contributed by atoms with Gasteiger partial charge in [-0.25, -0.2) is 0 Å². The van der Waals surface area contributed by atoms with Crippen molar-refractivity contribution in [2.45, 2.75) is 12.8 Å². The SMILES string of the molecule is Cn1ccc(NC(=O)C2CCC(=O)NC2)n1. The lowest BCUT2D eigenvalue weighted by Gasteiger charge is -2.20. The molecule has 2 rings (SSSR count). The predicted octanol–water partition coefficient (Wildman–Crippen LogP) is -0.115. The Hall–Kier alpha value is -1.85. The van der Waals surface area contributed by atoms with Crippen molar-refractivity contribution in [2.75, 3.05) is 11.9 Å². The number of aryl methyl sites for hydroxylation is 1. The monoisotopic (exact) mass is 222 g/mol. The molecule has 1 aliphatic rings. The highest BCUT2D eigenvalue weighted by Crippen LogP contribution is 2.13. The summed E-state index contributed by atoms with van der Waals surface area (Å²) in [5, 5.41) is 9.46. The molecule has 2 amide bonds. The van der Waals surface area contributed by atoms with Crippen LogP contribution in [-0.2, 0) is 16.6 Å². The fraction of sp³-hybridized carbons (Fsp3) is 0.500. The van der Waals surface area contributed by atoms with Crippen LogP contribution in [0.1, 0.15) is 12.8 Å². The highest BCUT2D eigenvalue weighted by atomic mass is 16.2. The second-order valence-electron chi connectivity index (χ2n) is 3.90. The van der Waals surface area contributed by atoms with Crippen molar-refractivity contribution in [3.05, 3.63) is 12.3 Å². The van der Waals surface area contributed by atoms with E-state index in [-0.39, 0.29) is 17.7 Å². The van der Waals surface area contributed by atoms with Crippen molar-refractivity contribution in [3.8, 4) is 0 Å². The van der Waals surface area contributed by atoms with Gasteiger partial charge in [0.05, 0.1) is 5.92 Å². The van der Waals surface area contributed by atoms with Gasteiger partial charge in [-0.1, -0.05) is 0 Å². The Morgan fingerprint density at radius 1 is 1.69 bits per heavy atom. The van der Waals surface area contributed by atoms with Crippen molar-refractivity contribution in [3.63, 3.8) is 0 Å². The van der Waals surface area contributed by atoms with Crippen LogP contribution in [0.5, 0.6) is 0 Å². The van der Waals surface area contributed by atoms with Gasteiger partial charge in [0.1, 0.15) is 0 Å². The van der Waals surface area contributed by atoms with E-state index in [1.807, 2.05) is 0 Å². The number of aromatic nitrogens is 2. The molecule has 0 bridgehead atoms. The number of carbonyl (C=O) groups is 2. The van der Waals surface area contributed by atoms with Gasteiger partial charge in [-0.3, -0.25) is 14.3 Å². The fourth-order valence-corrected chi connectivity index (χ4v) is 1.67. The molecule has 1 unspecified atom stereocenters. The van der Waals surface area contributed by atoms with Crippen molar-refractivity contribution in [2.24, 2.45) is 13.0 Å². The third kappa shape index (κ3) is 2.39. The largest absolute Gasteiger partial charge is 0.355 e. The number of anilines is 1. The van der Waals surface area contributed by atoms with E-state index in [1.165, 1.54) is 0 Å². The lowest BCUT2D eigenvalue weighted by atomic mass is 9.98. The van der Waals surface area contributed by atoms with Crippen LogP contribution in [0.2, 0.25) is 0 Å². The number of piperidine rings is 1. The van der Waals surface area contributed by atoms with E-state index in [4.69, 9.17) is 0 Å². The Kier molecular flexibility index (Phi) is 2.89. The van der Waals surface area contributed by atoms with Gasteiger partial charge >= 0.3 is 0 Å². The molecule has 0 radical (unpaired) electrons. The van der Waals surface area contributed by atoms with Gasteiger partial charge < -0.3 is 10.6 Å². The van der Waals surface area contributed by atoms with Crippen LogP contribution in [0.4, 0.5) is 5.82 Å². The second-order valence-corrected chi connectivity index (χ2v) is 3.90. The van der Waals surface area contributed by atoms with Crippen molar-refractivity contribution >= 4 is 17.6 Å². The molecule has 1 atom stereocenters. The lowest BCUT2D eigenvalue weighted by Crippen LogP contribution is -2.40. The van der Waals surface area contributed by atoms with Crippen LogP contribution >= 0.6 is 0 Å². The van der Waals surface area contributed by atoms with E-state index in [0.29, 0.717) is 25.2 Å². The number of hydrogen-bond donors (Lipinski definition) is 2. The van der Waals surface area contributed by atoms with Crippen LogP contribution in [0.25, 0.3) is 0 Å². The van der Waals surface area contributed by atoms with E-state index < -0.39 is 0 Å². The molecule has 1 aromatic rings. The minimum atomic E-state index is -0.153. The first-order valence-corrected chi connectivity index (χ1v) is 5.22. The molecule has 2 N–H and O–H groups in total. The normalized spacial score (nSPS) is 20.3. The highest BCUT2D eigenvalue weighted by molar-refractivity contribution is 5.93. The van der Waals surface area contributed by atoms with Crippen LogP contribution in [0.15, 0.2) is 12.3 Å². The minimum absolute atomic E-state index is 0.0156. The summed E-state index contributed by atoms with van der Waals surface area (Å²) in [5.41, 5.74) is 0. The van der Waals surface area contributed by atoms with E-state index >= 15 is 0 Å². The minimum Gasteiger partial charge on any atom is -0.355 e. The van der Waals surface area contributed by atoms with Gasteiger partial charge in [-0.05, 0) is 6.42 Å². The van der Waals surface area contributed by atoms with Gasteiger partial charge in [-0.15, -0.1) is 0 Å². The number of nitrogens with one attached hydrogen (secondary N) is 2. The summed E-state index contributed by atoms with van der Waals surface area (Å²) in [5.74, 6) is 0.324. The molecule has 6 nitrogen and oxygen atoms in total. The molecule has 0 spiro atoms. The topological polar surface area (TPSA) is 76.0 Å². The summed E-state index contributed by atoms with van der Waals surface area (Å²) in [7, 11) is 1.79. The van der Waals surface area contributed by atoms with Gasteiger partial charge in [0.15, 0.2) is 5.82 Å². The summed E-state index contributed by atoms with van der Waals surface area (Å²) in [4.78, 5) is 22.7. The first-order chi connectivity index (χ1) is 7.65. The second kappa shape index (κ2) is 4.34. The zero-order valence-corrected chi connectivity index (χ0v) is 9.06. The third-order valence-corrected chi connectivity index (χ3v) is 2.60. The van der Waals surface area contributed by atoms with E-state index in [1.54, 1.807) is 24.0 Å². The van der Waals surface area contributed by atoms with Crippen LogP contribution in [0.3, 0.4) is 0 Å². The van der Waals surface area contributed by atoms with Crippen molar-refractivity contribution in [1.29, 1.82) is 0 Å². The van der Waals surface area contributed by atoms with Gasteiger partial charge in [0.2, 0.25) is 11.8 Å². The number of carbonyl (C=O) groups excluding carboxylic acids is 2. The molecule has 0 aliphatic carbocycles. The van der Waals surface area contributed by atoms with Crippen molar-refractivity contribution < 1.29 is 9.59 Å². The average Bonchev–Trinajstić information content (AvgIpc) is 2.65. The Morgan fingerprint density at radius 3 is 3.06 bits per heavy atom. The summed E-state index contributed by atoms with van der Waals surface area (Å²) in [6, 6.07) is 1.74. The maximum atomic E-state index is 11.8. The molecule has 16 heavy (non-hydrogen) atoms. The first kappa shape index (κ1) is 10.7.